The lowest BCUT2D eigenvalue weighted by Gasteiger charge is -1.89. The molecule has 11 heavy (non-hydrogen) atoms. The van der Waals surface area contributed by atoms with Crippen molar-refractivity contribution in [3.8, 4) is 5.75 Å². The van der Waals surface area contributed by atoms with Crippen LogP contribution >= 0.6 is 22.6 Å². The fraction of sp³-hybridized carbons (Fsp3) is 0. The van der Waals surface area contributed by atoms with Gasteiger partial charge in [0.05, 0.1) is 20.9 Å². The minimum Gasteiger partial charge on any atom is -0.506 e. The van der Waals surface area contributed by atoms with Gasteiger partial charge in [0.2, 0.25) is 0 Å². The molecule has 2 aromatic heterocycles. The zero-order valence-corrected chi connectivity index (χ0v) is 7.66. The minimum absolute atomic E-state index is 0.191. The molecule has 0 amide bonds. The third-order valence-electron chi connectivity index (χ3n) is 1.42. The molecule has 0 spiro atoms. The molecule has 0 fully saturated rings. The van der Waals surface area contributed by atoms with Crippen LogP contribution in [-0.2, 0) is 0 Å². The SMILES string of the molecule is Oc1cnc2cc(I)[nH]c2c1. The van der Waals surface area contributed by atoms with Crippen molar-refractivity contribution in [2.45, 2.75) is 0 Å². The van der Waals surface area contributed by atoms with Gasteiger partial charge in [-0.1, -0.05) is 0 Å². The van der Waals surface area contributed by atoms with Gasteiger partial charge in [-0.15, -0.1) is 0 Å². The molecule has 3 nitrogen and oxygen atoms in total. The fourth-order valence-corrected chi connectivity index (χ4v) is 1.55. The molecule has 0 saturated heterocycles. The Kier molecular flexibility index (Phi) is 1.49. The molecule has 0 bridgehead atoms. The monoisotopic (exact) mass is 260 g/mol. The average Bonchev–Trinajstić information content (AvgIpc) is 2.27. The van der Waals surface area contributed by atoms with Crippen LogP contribution in [0.15, 0.2) is 18.3 Å². The predicted octanol–water partition coefficient (Wildman–Crippen LogP) is 1.87. The molecule has 4 heteroatoms. The number of nitrogens with zero attached hydrogens (tertiary/aromatic N) is 1. The highest BCUT2D eigenvalue weighted by atomic mass is 127. The lowest BCUT2D eigenvalue weighted by Crippen LogP contribution is -1.72. The Labute approximate surface area is 76.6 Å². The summed E-state index contributed by atoms with van der Waals surface area (Å²) in [7, 11) is 0. The lowest BCUT2D eigenvalue weighted by atomic mass is 10.4. The first-order valence-electron chi connectivity index (χ1n) is 3.09. The van der Waals surface area contributed by atoms with Crippen molar-refractivity contribution in [3.63, 3.8) is 0 Å². The summed E-state index contributed by atoms with van der Waals surface area (Å²) < 4.78 is 1.02. The second-order valence-corrected chi connectivity index (χ2v) is 3.41. The topological polar surface area (TPSA) is 48.9 Å². The first-order valence-corrected chi connectivity index (χ1v) is 4.17. The van der Waals surface area contributed by atoms with Gasteiger partial charge in [-0.25, -0.2) is 0 Å². The molecular weight excluding hydrogens is 255 g/mol. The number of aromatic hydroxyl groups is 1. The minimum atomic E-state index is 0.191. The van der Waals surface area contributed by atoms with Crippen molar-refractivity contribution in [2.75, 3.05) is 0 Å². The van der Waals surface area contributed by atoms with Crippen LogP contribution in [0.2, 0.25) is 0 Å². The van der Waals surface area contributed by atoms with Gasteiger partial charge in [-0.05, 0) is 28.7 Å². The molecule has 2 rings (SSSR count). The fourth-order valence-electron chi connectivity index (χ4n) is 0.964. The molecule has 0 saturated carbocycles. The Morgan fingerprint density at radius 2 is 2.27 bits per heavy atom. The van der Waals surface area contributed by atoms with E-state index >= 15 is 0 Å². The third kappa shape index (κ3) is 1.18. The Morgan fingerprint density at radius 1 is 1.45 bits per heavy atom. The second-order valence-electron chi connectivity index (χ2n) is 2.24. The maximum absolute atomic E-state index is 9.05. The van der Waals surface area contributed by atoms with Crippen LogP contribution in [0.1, 0.15) is 0 Å². The molecular formula is C7H5IN2O. The summed E-state index contributed by atoms with van der Waals surface area (Å²) >= 11 is 2.17. The maximum atomic E-state index is 9.05. The number of hydrogen-bond acceptors (Lipinski definition) is 2. The predicted molar refractivity (Wildman–Crippen MR) is 50.5 cm³/mol. The van der Waals surface area contributed by atoms with Gasteiger partial charge < -0.3 is 10.1 Å². The largest absolute Gasteiger partial charge is 0.506 e. The lowest BCUT2D eigenvalue weighted by molar-refractivity contribution is 0.474. The zero-order chi connectivity index (χ0) is 7.84. The summed E-state index contributed by atoms with van der Waals surface area (Å²) in [6.45, 7) is 0. The van der Waals surface area contributed by atoms with Gasteiger partial charge >= 0.3 is 0 Å². The number of H-pyrrole nitrogens is 1. The zero-order valence-electron chi connectivity index (χ0n) is 5.50. The van der Waals surface area contributed by atoms with Gasteiger partial charge in [-0.2, -0.15) is 0 Å². The van der Waals surface area contributed by atoms with E-state index in [9.17, 15) is 0 Å². The van der Waals surface area contributed by atoms with Gasteiger partial charge in [0, 0.05) is 6.07 Å². The van der Waals surface area contributed by atoms with Crippen LogP contribution < -0.4 is 0 Å². The molecule has 0 aliphatic rings. The second kappa shape index (κ2) is 2.37. The van der Waals surface area contributed by atoms with E-state index in [2.05, 4.69) is 32.6 Å². The summed E-state index contributed by atoms with van der Waals surface area (Å²) in [5.74, 6) is 0.191. The quantitative estimate of drug-likeness (QED) is 0.710. The molecule has 0 unspecified atom stereocenters. The molecule has 56 valence electrons. The number of halogens is 1. The first kappa shape index (κ1) is 6.90. The third-order valence-corrected chi connectivity index (χ3v) is 2.00. The first-order chi connectivity index (χ1) is 5.25. The highest BCUT2D eigenvalue weighted by Gasteiger charge is 1.98. The molecule has 0 aliphatic carbocycles. The smallest absolute Gasteiger partial charge is 0.135 e. The van der Waals surface area contributed by atoms with E-state index in [-0.39, 0.29) is 5.75 Å². The molecule has 0 aliphatic heterocycles. The van der Waals surface area contributed by atoms with Crippen LogP contribution in [0.25, 0.3) is 11.0 Å². The van der Waals surface area contributed by atoms with Crippen LogP contribution in [0.4, 0.5) is 0 Å². The number of aromatic amines is 1. The van der Waals surface area contributed by atoms with Crippen molar-refractivity contribution >= 4 is 33.6 Å². The number of hydrogen-bond donors (Lipinski definition) is 2. The molecule has 2 N–H and O–H groups in total. The summed E-state index contributed by atoms with van der Waals surface area (Å²) in [5.41, 5.74) is 1.75. The summed E-state index contributed by atoms with van der Waals surface area (Å²) in [5, 5.41) is 9.05. The Bertz CT molecular complexity index is 396. The van der Waals surface area contributed by atoms with E-state index in [4.69, 9.17) is 5.11 Å². The highest BCUT2D eigenvalue weighted by Crippen LogP contribution is 2.17. The van der Waals surface area contributed by atoms with Crippen molar-refractivity contribution in [3.05, 3.63) is 22.0 Å². The molecule has 0 aromatic carbocycles. The van der Waals surface area contributed by atoms with Crippen molar-refractivity contribution < 1.29 is 5.11 Å². The van der Waals surface area contributed by atoms with Crippen LogP contribution in [0, 0.1) is 3.70 Å². The van der Waals surface area contributed by atoms with E-state index in [0.29, 0.717) is 0 Å². The van der Waals surface area contributed by atoms with E-state index in [0.717, 1.165) is 14.7 Å². The average molecular weight is 260 g/mol. The number of pyridine rings is 1. The number of rotatable bonds is 0. The Balaban J connectivity index is 2.82. The number of nitrogens with one attached hydrogen (secondary N) is 1. The highest BCUT2D eigenvalue weighted by molar-refractivity contribution is 14.1. The Morgan fingerprint density at radius 3 is 3.09 bits per heavy atom. The van der Waals surface area contributed by atoms with Crippen LogP contribution in [-0.4, -0.2) is 15.1 Å². The summed E-state index contributed by atoms with van der Waals surface area (Å²) in [6, 6.07) is 3.58. The van der Waals surface area contributed by atoms with Crippen molar-refractivity contribution in [1.82, 2.24) is 9.97 Å². The van der Waals surface area contributed by atoms with Gasteiger partial charge in [0.1, 0.15) is 5.75 Å². The normalized spacial score (nSPS) is 10.6. The summed E-state index contributed by atoms with van der Waals surface area (Å²) in [4.78, 5) is 7.08. The number of aromatic nitrogens is 2. The summed E-state index contributed by atoms with van der Waals surface area (Å²) in [6.07, 6.45) is 1.44. The van der Waals surface area contributed by atoms with E-state index in [1.165, 1.54) is 6.20 Å². The maximum Gasteiger partial charge on any atom is 0.135 e. The van der Waals surface area contributed by atoms with Crippen molar-refractivity contribution in [2.24, 2.45) is 0 Å². The van der Waals surface area contributed by atoms with Crippen LogP contribution in [0.5, 0.6) is 5.75 Å². The molecule has 2 heterocycles. The Hall–Kier alpha value is -0.780. The molecule has 0 radical (unpaired) electrons. The van der Waals surface area contributed by atoms with E-state index < -0.39 is 0 Å². The molecule has 2 aromatic rings. The number of fused-ring (bicyclic) bond motifs is 1. The standard InChI is InChI=1S/C7H5IN2O/c8-7-2-5-6(10-7)1-4(11)3-9-5/h1-3,10-11H. The van der Waals surface area contributed by atoms with Crippen molar-refractivity contribution in [1.29, 1.82) is 0 Å². The van der Waals surface area contributed by atoms with Gasteiger partial charge in [0.15, 0.2) is 0 Å². The van der Waals surface area contributed by atoms with E-state index in [1.807, 2.05) is 6.07 Å². The molecule has 0 atom stereocenters. The van der Waals surface area contributed by atoms with Crippen LogP contribution in [0.3, 0.4) is 0 Å². The van der Waals surface area contributed by atoms with Gasteiger partial charge in [-0.3, -0.25) is 4.98 Å². The van der Waals surface area contributed by atoms with Gasteiger partial charge in [0.25, 0.3) is 0 Å². The van der Waals surface area contributed by atoms with E-state index in [1.54, 1.807) is 6.07 Å².